The molecule has 0 spiro atoms. The predicted molar refractivity (Wildman–Crippen MR) is 130 cm³/mol. The Balaban J connectivity index is 1.55. The van der Waals surface area contributed by atoms with Crippen molar-refractivity contribution in [3.63, 3.8) is 0 Å². The van der Waals surface area contributed by atoms with Crippen LogP contribution < -0.4 is 31.3 Å². The van der Waals surface area contributed by atoms with Crippen LogP contribution in [0.4, 0.5) is 22.7 Å². The van der Waals surface area contributed by atoms with Crippen LogP contribution in [0.1, 0.15) is 13.8 Å². The minimum absolute atomic E-state index is 0.441. The number of halogens is 2. The van der Waals surface area contributed by atoms with Crippen molar-refractivity contribution in [2.24, 2.45) is 0 Å². The van der Waals surface area contributed by atoms with Crippen molar-refractivity contribution >= 4 is 46.0 Å². The number of nitrogens with zero attached hydrogens (tertiary/aromatic N) is 2. The number of hydrogen-bond acceptors (Lipinski definition) is 6. The molecule has 2 aromatic rings. The van der Waals surface area contributed by atoms with Gasteiger partial charge in [-0.3, -0.25) is 10.9 Å². The van der Waals surface area contributed by atoms with Gasteiger partial charge in [-0.15, -0.1) is 0 Å². The Hall–Kier alpha value is -1.86. The van der Waals surface area contributed by atoms with E-state index in [2.05, 4.69) is 45.1 Å². The zero-order chi connectivity index (χ0) is 21.1. The van der Waals surface area contributed by atoms with Crippen molar-refractivity contribution < 1.29 is 0 Å². The van der Waals surface area contributed by atoms with Crippen LogP contribution >= 0.6 is 23.2 Å². The second-order valence-electron chi connectivity index (χ2n) is 8.18. The van der Waals surface area contributed by atoms with Crippen LogP contribution in [-0.4, -0.2) is 51.4 Å². The first-order chi connectivity index (χ1) is 14.5. The fourth-order valence-electron chi connectivity index (χ4n) is 4.18. The fourth-order valence-corrected chi connectivity index (χ4v) is 4.51. The highest BCUT2D eigenvalue weighted by Crippen LogP contribution is 2.33. The Labute approximate surface area is 188 Å². The van der Waals surface area contributed by atoms with Crippen molar-refractivity contribution in [3.8, 4) is 0 Å². The molecule has 2 fully saturated rings. The number of benzene rings is 2. The maximum Gasteiger partial charge on any atom is 0.0774 e. The van der Waals surface area contributed by atoms with Gasteiger partial charge in [0, 0.05) is 61.4 Å². The Bertz CT molecular complexity index is 805. The first kappa shape index (κ1) is 21.4. The average Bonchev–Trinajstić information content (AvgIpc) is 2.73. The normalized spacial score (nSPS) is 22.1. The number of hydrazine groups is 1. The van der Waals surface area contributed by atoms with Gasteiger partial charge in [0.25, 0.3) is 0 Å². The molecule has 0 amide bonds. The molecule has 2 saturated heterocycles. The van der Waals surface area contributed by atoms with Crippen molar-refractivity contribution in [3.05, 3.63) is 46.4 Å². The van der Waals surface area contributed by atoms with Crippen LogP contribution in [0.25, 0.3) is 0 Å². The molecule has 0 saturated carbocycles. The Morgan fingerprint density at radius 2 is 1.20 bits per heavy atom. The van der Waals surface area contributed by atoms with E-state index in [1.807, 2.05) is 36.4 Å². The molecule has 2 aliphatic rings. The molecule has 6 nitrogen and oxygen atoms in total. The topological polar surface area (TPSA) is 54.6 Å². The van der Waals surface area contributed by atoms with Crippen LogP contribution in [0.2, 0.25) is 10.0 Å². The van der Waals surface area contributed by atoms with E-state index in [0.29, 0.717) is 12.1 Å². The lowest BCUT2D eigenvalue weighted by molar-refractivity contribution is 0.485. The highest BCUT2D eigenvalue weighted by Gasteiger charge is 2.21. The zero-order valence-electron chi connectivity index (χ0n) is 17.5. The summed E-state index contributed by atoms with van der Waals surface area (Å²) in [5.41, 5.74) is 11.1. The molecule has 0 unspecified atom stereocenters. The number of anilines is 4. The molecule has 8 heteroatoms. The number of piperazine rings is 2. The molecule has 4 rings (SSSR count). The lowest BCUT2D eigenvalue weighted by Gasteiger charge is -2.36. The Morgan fingerprint density at radius 1 is 0.767 bits per heavy atom. The molecule has 162 valence electrons. The van der Waals surface area contributed by atoms with Gasteiger partial charge in [-0.05, 0) is 50.2 Å². The van der Waals surface area contributed by atoms with E-state index in [9.17, 15) is 0 Å². The standard InChI is InChI=1S/C22H30Cl2N6/c1-15-13-29(9-7-25-15)21-11-17(23)3-5-19(21)27-28-20-6-4-18(24)12-22(20)30-10-8-26-16(2)14-30/h3-6,11-12,15-16,25-28H,7-10,13-14H2,1-2H3/t15-,16+. The van der Waals surface area contributed by atoms with E-state index in [4.69, 9.17) is 23.2 Å². The second kappa shape index (κ2) is 9.52. The van der Waals surface area contributed by atoms with Gasteiger partial charge in [-0.2, -0.15) is 0 Å². The van der Waals surface area contributed by atoms with E-state index in [-0.39, 0.29) is 0 Å². The molecule has 30 heavy (non-hydrogen) atoms. The summed E-state index contributed by atoms with van der Waals surface area (Å²) in [6.45, 7) is 10.1. The van der Waals surface area contributed by atoms with E-state index in [0.717, 1.165) is 72.1 Å². The minimum atomic E-state index is 0.441. The summed E-state index contributed by atoms with van der Waals surface area (Å²) >= 11 is 12.7. The summed E-state index contributed by atoms with van der Waals surface area (Å²) in [6, 6.07) is 12.8. The van der Waals surface area contributed by atoms with Crippen LogP contribution in [0.5, 0.6) is 0 Å². The molecule has 2 heterocycles. The minimum Gasteiger partial charge on any atom is -0.367 e. The SMILES string of the molecule is C[C@@H]1CN(c2cc(Cl)ccc2NNc2ccc(Cl)cc2N2CCN[C@@H](C)C2)CCN1. The predicted octanol–water partition coefficient (Wildman–Crippen LogP) is 4.03. The third-order valence-corrected chi connectivity index (χ3v) is 6.14. The molecular formula is C22H30Cl2N6. The molecule has 4 N–H and O–H groups in total. The van der Waals surface area contributed by atoms with E-state index in [1.54, 1.807) is 0 Å². The van der Waals surface area contributed by atoms with E-state index in [1.165, 1.54) is 0 Å². The molecule has 0 aliphatic carbocycles. The summed E-state index contributed by atoms with van der Waals surface area (Å²) in [5.74, 6) is 0. The largest absolute Gasteiger partial charge is 0.367 e. The summed E-state index contributed by atoms with van der Waals surface area (Å²) < 4.78 is 0. The van der Waals surface area contributed by atoms with Gasteiger partial charge in [0.05, 0.1) is 22.7 Å². The van der Waals surface area contributed by atoms with Gasteiger partial charge < -0.3 is 20.4 Å². The van der Waals surface area contributed by atoms with Gasteiger partial charge in [-0.25, -0.2) is 0 Å². The maximum absolute atomic E-state index is 6.33. The highest BCUT2D eigenvalue weighted by atomic mass is 35.5. The molecule has 0 aromatic heterocycles. The van der Waals surface area contributed by atoms with Crippen molar-refractivity contribution in [2.45, 2.75) is 25.9 Å². The molecule has 2 aromatic carbocycles. The quantitative estimate of drug-likeness (QED) is 0.518. The average molecular weight is 449 g/mol. The Kier molecular flexibility index (Phi) is 6.78. The molecular weight excluding hydrogens is 419 g/mol. The molecule has 2 aliphatic heterocycles. The molecule has 0 bridgehead atoms. The van der Waals surface area contributed by atoms with E-state index >= 15 is 0 Å². The summed E-state index contributed by atoms with van der Waals surface area (Å²) in [5, 5.41) is 8.46. The first-order valence-electron chi connectivity index (χ1n) is 10.6. The van der Waals surface area contributed by atoms with Crippen molar-refractivity contribution in [1.82, 2.24) is 10.6 Å². The summed E-state index contributed by atoms with van der Waals surface area (Å²) in [6.07, 6.45) is 0. The van der Waals surface area contributed by atoms with Gasteiger partial charge in [0.2, 0.25) is 0 Å². The van der Waals surface area contributed by atoms with Crippen LogP contribution in [0, 0.1) is 0 Å². The fraction of sp³-hybridized carbons (Fsp3) is 0.455. The smallest absolute Gasteiger partial charge is 0.0774 e. The van der Waals surface area contributed by atoms with Crippen LogP contribution in [0.15, 0.2) is 36.4 Å². The van der Waals surface area contributed by atoms with Gasteiger partial charge >= 0.3 is 0 Å². The van der Waals surface area contributed by atoms with Gasteiger partial charge in [-0.1, -0.05) is 23.2 Å². The lowest BCUT2D eigenvalue weighted by Crippen LogP contribution is -2.49. The van der Waals surface area contributed by atoms with Crippen molar-refractivity contribution in [2.75, 3.05) is 59.9 Å². The zero-order valence-corrected chi connectivity index (χ0v) is 19.0. The molecule has 2 atom stereocenters. The number of nitrogens with one attached hydrogen (secondary N) is 4. The molecule has 0 radical (unpaired) electrons. The third kappa shape index (κ3) is 5.06. The first-order valence-corrected chi connectivity index (χ1v) is 11.3. The number of rotatable bonds is 5. The lowest BCUT2D eigenvalue weighted by atomic mass is 10.1. The summed E-state index contributed by atoms with van der Waals surface area (Å²) in [7, 11) is 0. The van der Waals surface area contributed by atoms with Crippen LogP contribution in [-0.2, 0) is 0 Å². The number of hydrogen-bond donors (Lipinski definition) is 4. The second-order valence-corrected chi connectivity index (χ2v) is 9.05. The van der Waals surface area contributed by atoms with Crippen molar-refractivity contribution in [1.29, 1.82) is 0 Å². The Morgan fingerprint density at radius 3 is 1.60 bits per heavy atom. The van der Waals surface area contributed by atoms with Gasteiger partial charge in [0.15, 0.2) is 0 Å². The van der Waals surface area contributed by atoms with Gasteiger partial charge in [0.1, 0.15) is 0 Å². The summed E-state index contributed by atoms with van der Waals surface area (Å²) in [4.78, 5) is 4.75. The highest BCUT2D eigenvalue weighted by molar-refractivity contribution is 6.31. The third-order valence-electron chi connectivity index (χ3n) is 5.67. The van der Waals surface area contributed by atoms with E-state index < -0.39 is 0 Å². The maximum atomic E-state index is 6.33. The van der Waals surface area contributed by atoms with Crippen LogP contribution in [0.3, 0.4) is 0 Å². The monoisotopic (exact) mass is 448 g/mol.